The zero-order valence-electron chi connectivity index (χ0n) is 11.0. The van der Waals surface area contributed by atoms with Crippen LogP contribution in [-0.2, 0) is 6.54 Å². The molecule has 0 spiro atoms. The molecule has 0 aliphatic rings. The Hall–Kier alpha value is -1.85. The van der Waals surface area contributed by atoms with Gasteiger partial charge in [0.05, 0.1) is 0 Å². The van der Waals surface area contributed by atoms with Crippen LogP contribution in [0.25, 0.3) is 5.65 Å². The second kappa shape index (κ2) is 5.64. The zero-order valence-corrected chi connectivity index (χ0v) is 12.6. The Bertz CT molecular complexity index is 722. The Morgan fingerprint density at radius 3 is 2.75 bits per heavy atom. The highest BCUT2D eigenvalue weighted by atomic mass is 79.9. The first kappa shape index (κ1) is 13.1. The van der Waals surface area contributed by atoms with Gasteiger partial charge in [-0.3, -0.25) is 4.40 Å². The van der Waals surface area contributed by atoms with E-state index in [9.17, 15) is 0 Å². The van der Waals surface area contributed by atoms with Crippen LogP contribution in [0.15, 0.2) is 53.1 Å². The standard InChI is InChI=1S/C15H14BrN3O/c1-17-10-13-15(18-14-4-2-3-9-19(13)14)20-12-7-5-11(16)6-8-12/h2-9,17H,10H2,1H3. The molecular formula is C15H14BrN3O. The largest absolute Gasteiger partial charge is 0.437 e. The molecule has 1 N–H and O–H groups in total. The van der Waals surface area contributed by atoms with Crippen molar-refractivity contribution in [1.82, 2.24) is 14.7 Å². The molecule has 5 heteroatoms. The topological polar surface area (TPSA) is 38.6 Å². The molecule has 2 heterocycles. The third kappa shape index (κ3) is 2.55. The lowest BCUT2D eigenvalue weighted by Crippen LogP contribution is -2.08. The number of ether oxygens (including phenoxy) is 1. The molecule has 3 rings (SSSR count). The van der Waals surface area contributed by atoms with Crippen molar-refractivity contribution in [3.8, 4) is 11.6 Å². The average molecular weight is 332 g/mol. The van der Waals surface area contributed by atoms with E-state index in [1.807, 2.05) is 60.1 Å². The number of halogens is 1. The molecular weight excluding hydrogens is 318 g/mol. The monoisotopic (exact) mass is 331 g/mol. The molecule has 0 bridgehead atoms. The number of hydrogen-bond donors (Lipinski definition) is 1. The van der Waals surface area contributed by atoms with Crippen LogP contribution in [0.5, 0.6) is 11.6 Å². The summed E-state index contributed by atoms with van der Waals surface area (Å²) < 4.78 is 8.97. The number of fused-ring (bicyclic) bond motifs is 1. The number of hydrogen-bond acceptors (Lipinski definition) is 3. The van der Waals surface area contributed by atoms with Gasteiger partial charge in [-0.2, -0.15) is 4.98 Å². The van der Waals surface area contributed by atoms with E-state index in [0.717, 1.165) is 21.6 Å². The lowest BCUT2D eigenvalue weighted by atomic mass is 10.3. The van der Waals surface area contributed by atoms with Gasteiger partial charge in [0.2, 0.25) is 5.88 Å². The molecule has 0 aliphatic heterocycles. The lowest BCUT2D eigenvalue weighted by Gasteiger charge is -2.06. The Kier molecular flexibility index (Phi) is 3.71. The van der Waals surface area contributed by atoms with E-state index >= 15 is 0 Å². The van der Waals surface area contributed by atoms with Gasteiger partial charge in [-0.1, -0.05) is 22.0 Å². The molecule has 4 nitrogen and oxygen atoms in total. The maximum absolute atomic E-state index is 5.91. The summed E-state index contributed by atoms with van der Waals surface area (Å²) in [6, 6.07) is 13.6. The van der Waals surface area contributed by atoms with Crippen molar-refractivity contribution in [3.63, 3.8) is 0 Å². The van der Waals surface area contributed by atoms with Gasteiger partial charge in [-0.15, -0.1) is 0 Å². The minimum atomic E-state index is 0.632. The number of nitrogens with zero attached hydrogens (tertiary/aromatic N) is 2. The number of rotatable bonds is 4. The van der Waals surface area contributed by atoms with E-state index in [-0.39, 0.29) is 0 Å². The fourth-order valence-corrected chi connectivity index (χ4v) is 2.31. The Labute approximate surface area is 125 Å². The number of imidazole rings is 1. The van der Waals surface area contributed by atoms with Gasteiger partial charge in [-0.25, -0.2) is 0 Å². The molecule has 0 atom stereocenters. The molecule has 1 aromatic carbocycles. The Morgan fingerprint density at radius 2 is 2.00 bits per heavy atom. The summed E-state index contributed by atoms with van der Waals surface area (Å²) in [5, 5.41) is 3.15. The zero-order chi connectivity index (χ0) is 13.9. The van der Waals surface area contributed by atoms with Gasteiger partial charge in [0.15, 0.2) is 0 Å². The molecule has 0 saturated carbocycles. The van der Waals surface area contributed by atoms with E-state index in [2.05, 4.69) is 26.2 Å². The number of aromatic nitrogens is 2. The maximum atomic E-state index is 5.91. The van der Waals surface area contributed by atoms with E-state index in [0.29, 0.717) is 12.4 Å². The predicted molar refractivity (Wildman–Crippen MR) is 82.2 cm³/mol. The first-order valence-corrected chi connectivity index (χ1v) is 7.11. The van der Waals surface area contributed by atoms with Crippen molar-refractivity contribution in [3.05, 3.63) is 58.8 Å². The van der Waals surface area contributed by atoms with Crippen LogP contribution in [0.4, 0.5) is 0 Å². The van der Waals surface area contributed by atoms with Gasteiger partial charge in [0.1, 0.15) is 17.1 Å². The van der Waals surface area contributed by atoms with Crippen LogP contribution in [0.2, 0.25) is 0 Å². The minimum Gasteiger partial charge on any atom is -0.437 e. The molecule has 20 heavy (non-hydrogen) atoms. The van der Waals surface area contributed by atoms with Crippen LogP contribution < -0.4 is 10.1 Å². The second-order valence-corrected chi connectivity index (χ2v) is 5.29. The molecule has 0 unspecified atom stereocenters. The third-order valence-electron chi connectivity index (χ3n) is 2.96. The second-order valence-electron chi connectivity index (χ2n) is 4.38. The van der Waals surface area contributed by atoms with Gasteiger partial charge in [0.25, 0.3) is 0 Å². The van der Waals surface area contributed by atoms with Crippen LogP contribution >= 0.6 is 15.9 Å². The van der Waals surface area contributed by atoms with Crippen molar-refractivity contribution in [2.24, 2.45) is 0 Å². The summed E-state index contributed by atoms with van der Waals surface area (Å²) in [5.74, 6) is 1.40. The number of pyridine rings is 1. The van der Waals surface area contributed by atoms with Gasteiger partial charge < -0.3 is 10.1 Å². The molecule has 0 fully saturated rings. The first-order chi connectivity index (χ1) is 9.78. The molecule has 2 aromatic heterocycles. The van der Waals surface area contributed by atoms with Gasteiger partial charge >= 0.3 is 0 Å². The van der Waals surface area contributed by atoms with Crippen LogP contribution in [0.3, 0.4) is 0 Å². The summed E-state index contributed by atoms with van der Waals surface area (Å²) in [6.07, 6.45) is 1.99. The smallest absolute Gasteiger partial charge is 0.242 e. The van der Waals surface area contributed by atoms with Crippen LogP contribution in [-0.4, -0.2) is 16.4 Å². The van der Waals surface area contributed by atoms with Crippen molar-refractivity contribution >= 4 is 21.6 Å². The highest BCUT2D eigenvalue weighted by molar-refractivity contribution is 9.10. The van der Waals surface area contributed by atoms with E-state index < -0.39 is 0 Å². The normalized spacial score (nSPS) is 10.9. The van der Waals surface area contributed by atoms with Crippen molar-refractivity contribution in [2.75, 3.05) is 7.05 Å². The minimum absolute atomic E-state index is 0.632. The van der Waals surface area contributed by atoms with Crippen LogP contribution in [0, 0.1) is 0 Å². The maximum Gasteiger partial charge on any atom is 0.242 e. The summed E-state index contributed by atoms with van der Waals surface area (Å²) >= 11 is 3.41. The summed E-state index contributed by atoms with van der Waals surface area (Å²) in [4.78, 5) is 4.54. The third-order valence-corrected chi connectivity index (χ3v) is 3.49. The van der Waals surface area contributed by atoms with E-state index in [1.165, 1.54) is 0 Å². The number of nitrogens with one attached hydrogen (secondary N) is 1. The average Bonchev–Trinajstić information content (AvgIpc) is 2.80. The molecule has 0 saturated heterocycles. The highest BCUT2D eigenvalue weighted by Gasteiger charge is 2.13. The molecule has 3 aromatic rings. The molecule has 0 amide bonds. The van der Waals surface area contributed by atoms with Gasteiger partial charge in [0, 0.05) is 17.2 Å². The molecule has 0 aliphatic carbocycles. The van der Waals surface area contributed by atoms with E-state index in [4.69, 9.17) is 4.74 Å². The van der Waals surface area contributed by atoms with Crippen molar-refractivity contribution in [1.29, 1.82) is 0 Å². The first-order valence-electron chi connectivity index (χ1n) is 6.32. The Balaban J connectivity index is 2.01. The van der Waals surface area contributed by atoms with Crippen LogP contribution in [0.1, 0.15) is 5.69 Å². The number of benzene rings is 1. The summed E-state index contributed by atoms with van der Waals surface area (Å²) in [6.45, 7) is 0.692. The van der Waals surface area contributed by atoms with Crippen molar-refractivity contribution in [2.45, 2.75) is 6.54 Å². The molecule has 102 valence electrons. The predicted octanol–water partition coefficient (Wildman–Crippen LogP) is 3.61. The quantitative estimate of drug-likeness (QED) is 0.793. The SMILES string of the molecule is CNCc1c(Oc2ccc(Br)cc2)nc2ccccn12. The van der Waals surface area contributed by atoms with Gasteiger partial charge in [-0.05, 0) is 43.4 Å². The van der Waals surface area contributed by atoms with Crippen molar-refractivity contribution < 1.29 is 4.74 Å². The highest BCUT2D eigenvalue weighted by Crippen LogP contribution is 2.26. The molecule has 0 radical (unpaired) electrons. The fourth-order valence-electron chi connectivity index (χ4n) is 2.05. The fraction of sp³-hybridized carbons (Fsp3) is 0.133. The van der Waals surface area contributed by atoms with E-state index in [1.54, 1.807) is 0 Å². The summed E-state index contributed by atoms with van der Waals surface area (Å²) in [7, 11) is 1.91. The summed E-state index contributed by atoms with van der Waals surface area (Å²) in [5.41, 5.74) is 1.89. The lowest BCUT2D eigenvalue weighted by molar-refractivity contribution is 0.457. The Morgan fingerprint density at radius 1 is 1.20 bits per heavy atom.